The molecule has 2 aliphatic heterocycles. The number of anilines is 1. The molecule has 0 aromatic carbocycles. The molecule has 3 heterocycles. The zero-order valence-electron chi connectivity index (χ0n) is 18.4. The van der Waals surface area contributed by atoms with Crippen molar-refractivity contribution >= 4 is 18.0 Å². The lowest BCUT2D eigenvalue weighted by Gasteiger charge is -2.40. The van der Waals surface area contributed by atoms with Crippen LogP contribution in [0.25, 0.3) is 0 Å². The van der Waals surface area contributed by atoms with E-state index in [1.165, 1.54) is 7.11 Å². The molecule has 2 aliphatic rings. The number of amides is 1. The number of esters is 1. The van der Waals surface area contributed by atoms with Gasteiger partial charge in [-0.2, -0.15) is 0 Å². The van der Waals surface area contributed by atoms with Gasteiger partial charge >= 0.3 is 12.1 Å². The molecule has 3 rings (SSSR count). The second-order valence-corrected chi connectivity index (χ2v) is 8.85. The van der Waals surface area contributed by atoms with E-state index in [1.807, 2.05) is 20.8 Å². The Balaban J connectivity index is 1.59. The maximum absolute atomic E-state index is 12.3. The Morgan fingerprint density at radius 3 is 2.53 bits per heavy atom. The SMILES string of the molecule is COC(=O)c1ccnc(N2CCCCC2NC2CCN(C(=O)OC(C)(C)C)CC2)n1. The molecule has 0 saturated carbocycles. The van der Waals surface area contributed by atoms with E-state index in [-0.39, 0.29) is 18.0 Å². The van der Waals surface area contributed by atoms with Crippen molar-refractivity contribution in [1.29, 1.82) is 0 Å². The smallest absolute Gasteiger partial charge is 0.410 e. The first-order valence-electron chi connectivity index (χ1n) is 10.7. The van der Waals surface area contributed by atoms with Crippen molar-refractivity contribution in [1.82, 2.24) is 20.2 Å². The number of carbonyl (C=O) groups is 2. The second kappa shape index (κ2) is 9.59. The largest absolute Gasteiger partial charge is 0.464 e. The number of rotatable bonds is 4. The van der Waals surface area contributed by atoms with E-state index in [9.17, 15) is 9.59 Å². The van der Waals surface area contributed by atoms with Gasteiger partial charge in [-0.15, -0.1) is 0 Å². The third-order valence-electron chi connectivity index (χ3n) is 5.37. The van der Waals surface area contributed by atoms with E-state index in [0.717, 1.165) is 38.6 Å². The van der Waals surface area contributed by atoms with Crippen LogP contribution in [0, 0.1) is 0 Å². The van der Waals surface area contributed by atoms with E-state index in [4.69, 9.17) is 9.47 Å². The third kappa shape index (κ3) is 5.81. The highest BCUT2D eigenvalue weighted by atomic mass is 16.6. The van der Waals surface area contributed by atoms with Crippen molar-refractivity contribution in [2.24, 2.45) is 0 Å². The fraction of sp³-hybridized carbons (Fsp3) is 0.714. The first kappa shape index (κ1) is 22.3. The summed E-state index contributed by atoms with van der Waals surface area (Å²) < 4.78 is 10.3. The van der Waals surface area contributed by atoms with E-state index in [1.54, 1.807) is 17.2 Å². The van der Waals surface area contributed by atoms with E-state index >= 15 is 0 Å². The predicted molar refractivity (Wildman–Crippen MR) is 112 cm³/mol. The van der Waals surface area contributed by atoms with Gasteiger partial charge in [0.05, 0.1) is 13.3 Å². The van der Waals surface area contributed by atoms with Crippen LogP contribution in [0.3, 0.4) is 0 Å². The summed E-state index contributed by atoms with van der Waals surface area (Å²) >= 11 is 0. The van der Waals surface area contributed by atoms with E-state index in [0.29, 0.717) is 25.1 Å². The average molecular weight is 420 g/mol. The van der Waals surface area contributed by atoms with Gasteiger partial charge < -0.3 is 19.3 Å². The zero-order valence-corrected chi connectivity index (χ0v) is 18.4. The van der Waals surface area contributed by atoms with Gasteiger partial charge in [0.15, 0.2) is 5.69 Å². The highest BCUT2D eigenvalue weighted by molar-refractivity contribution is 5.87. The van der Waals surface area contributed by atoms with Gasteiger partial charge in [-0.3, -0.25) is 5.32 Å². The maximum atomic E-state index is 12.3. The molecular weight excluding hydrogens is 386 g/mol. The minimum absolute atomic E-state index is 0.102. The average Bonchev–Trinajstić information content (AvgIpc) is 2.73. The zero-order chi connectivity index (χ0) is 21.7. The first-order valence-corrected chi connectivity index (χ1v) is 10.7. The molecule has 1 aromatic rings. The normalized spacial score (nSPS) is 20.7. The van der Waals surface area contributed by atoms with Crippen LogP contribution >= 0.6 is 0 Å². The van der Waals surface area contributed by atoms with Crippen molar-refractivity contribution in [2.45, 2.75) is 70.7 Å². The molecular formula is C21H33N5O4. The number of hydrogen-bond donors (Lipinski definition) is 1. The highest BCUT2D eigenvalue weighted by Gasteiger charge is 2.31. The fourth-order valence-electron chi connectivity index (χ4n) is 3.88. The van der Waals surface area contributed by atoms with Crippen LogP contribution < -0.4 is 10.2 Å². The van der Waals surface area contributed by atoms with Crippen LogP contribution in [0.1, 0.15) is 63.4 Å². The lowest BCUT2D eigenvalue weighted by Crippen LogP contribution is -2.55. The molecule has 0 bridgehead atoms. The topological polar surface area (TPSA) is 96.9 Å². The van der Waals surface area contributed by atoms with Crippen LogP contribution in [0.2, 0.25) is 0 Å². The second-order valence-electron chi connectivity index (χ2n) is 8.85. The number of carbonyl (C=O) groups excluding carboxylic acids is 2. The number of likely N-dealkylation sites (tertiary alicyclic amines) is 1. The Labute approximate surface area is 178 Å². The van der Waals surface area contributed by atoms with Crippen LogP contribution in [0.5, 0.6) is 0 Å². The lowest BCUT2D eigenvalue weighted by molar-refractivity contribution is 0.0194. The Bertz CT molecular complexity index is 743. The predicted octanol–water partition coefficient (Wildman–Crippen LogP) is 2.57. The molecule has 0 aliphatic carbocycles. The summed E-state index contributed by atoms with van der Waals surface area (Å²) in [7, 11) is 1.35. The van der Waals surface area contributed by atoms with Gasteiger partial charge in [0.2, 0.25) is 5.95 Å². The molecule has 1 aromatic heterocycles. The molecule has 1 N–H and O–H groups in total. The number of nitrogens with zero attached hydrogens (tertiary/aromatic N) is 4. The molecule has 2 saturated heterocycles. The molecule has 1 atom stereocenters. The van der Waals surface area contributed by atoms with Crippen LogP contribution in [-0.4, -0.2) is 71.5 Å². The molecule has 2 fully saturated rings. The summed E-state index contributed by atoms with van der Waals surface area (Å²) in [6.45, 7) is 7.83. The van der Waals surface area contributed by atoms with Crippen molar-refractivity contribution in [3.63, 3.8) is 0 Å². The van der Waals surface area contributed by atoms with Crippen molar-refractivity contribution in [2.75, 3.05) is 31.6 Å². The standard InChI is InChI=1S/C21H33N5O4/c1-21(2,3)30-20(28)25-13-9-15(10-14-25)23-17-7-5-6-12-26(17)19-22-11-8-16(24-19)18(27)29-4/h8,11,15,17,23H,5-7,9-10,12-14H2,1-4H3. The molecule has 1 amide bonds. The van der Waals surface area contributed by atoms with Crippen LogP contribution in [-0.2, 0) is 9.47 Å². The summed E-state index contributed by atoms with van der Waals surface area (Å²) in [5, 5.41) is 3.73. The van der Waals surface area contributed by atoms with Gasteiger partial charge in [-0.05, 0) is 58.9 Å². The number of aromatic nitrogens is 2. The molecule has 30 heavy (non-hydrogen) atoms. The Hall–Kier alpha value is -2.42. The monoisotopic (exact) mass is 419 g/mol. The van der Waals surface area contributed by atoms with Gasteiger partial charge in [0.1, 0.15) is 5.60 Å². The minimum Gasteiger partial charge on any atom is -0.464 e. The summed E-state index contributed by atoms with van der Waals surface area (Å²) in [6, 6.07) is 1.87. The molecule has 0 spiro atoms. The van der Waals surface area contributed by atoms with Crippen molar-refractivity contribution in [3.05, 3.63) is 18.0 Å². The lowest BCUT2D eigenvalue weighted by atomic mass is 10.0. The maximum Gasteiger partial charge on any atom is 0.410 e. The van der Waals surface area contributed by atoms with Gasteiger partial charge in [0, 0.05) is 31.9 Å². The fourth-order valence-corrected chi connectivity index (χ4v) is 3.88. The number of hydrogen-bond acceptors (Lipinski definition) is 8. The number of piperidine rings is 2. The quantitative estimate of drug-likeness (QED) is 0.744. The van der Waals surface area contributed by atoms with Crippen LogP contribution in [0.15, 0.2) is 12.3 Å². The highest BCUT2D eigenvalue weighted by Crippen LogP contribution is 2.23. The molecule has 9 nitrogen and oxygen atoms in total. The van der Waals surface area contributed by atoms with Gasteiger partial charge in [-0.1, -0.05) is 0 Å². The molecule has 1 unspecified atom stereocenters. The van der Waals surface area contributed by atoms with Gasteiger partial charge in [0.25, 0.3) is 0 Å². The minimum atomic E-state index is -0.479. The number of nitrogens with one attached hydrogen (secondary N) is 1. The molecule has 166 valence electrons. The Kier molecular flexibility index (Phi) is 7.12. The molecule has 9 heteroatoms. The van der Waals surface area contributed by atoms with Crippen molar-refractivity contribution in [3.8, 4) is 0 Å². The third-order valence-corrected chi connectivity index (χ3v) is 5.37. The number of methoxy groups -OCH3 is 1. The summed E-state index contributed by atoms with van der Waals surface area (Å²) in [4.78, 5) is 36.8. The van der Waals surface area contributed by atoms with Crippen molar-refractivity contribution < 1.29 is 19.1 Å². The number of ether oxygens (including phenoxy) is 2. The Morgan fingerprint density at radius 1 is 1.13 bits per heavy atom. The Morgan fingerprint density at radius 2 is 1.87 bits per heavy atom. The summed E-state index contributed by atoms with van der Waals surface area (Å²) in [5.74, 6) is 0.0796. The van der Waals surface area contributed by atoms with Gasteiger partial charge in [-0.25, -0.2) is 19.6 Å². The molecule has 0 radical (unpaired) electrons. The van der Waals surface area contributed by atoms with E-state index in [2.05, 4.69) is 20.2 Å². The van der Waals surface area contributed by atoms with Crippen LogP contribution in [0.4, 0.5) is 10.7 Å². The first-order chi connectivity index (χ1) is 14.3. The van der Waals surface area contributed by atoms with E-state index < -0.39 is 11.6 Å². The summed E-state index contributed by atoms with van der Waals surface area (Å²) in [5.41, 5.74) is -0.217. The summed E-state index contributed by atoms with van der Waals surface area (Å²) in [6.07, 6.45) is 6.36.